The van der Waals surface area contributed by atoms with Crippen LogP contribution in [0.25, 0.3) is 22.2 Å². The number of nitrogens with zero attached hydrogens (tertiary/aromatic N) is 1. The van der Waals surface area contributed by atoms with E-state index in [2.05, 4.69) is 6.92 Å². The fraction of sp³-hybridized carbons (Fsp3) is 0.238. The van der Waals surface area contributed by atoms with Crippen molar-refractivity contribution in [2.75, 3.05) is 6.61 Å². The largest absolute Gasteiger partial charge is 0.462 e. The van der Waals surface area contributed by atoms with E-state index in [-0.39, 0.29) is 5.97 Å². The molecule has 0 aliphatic heterocycles. The Bertz CT molecular complexity index is 904. The summed E-state index contributed by atoms with van der Waals surface area (Å²) in [6, 6.07) is 15.1. The quantitative estimate of drug-likeness (QED) is 0.428. The molecule has 0 radical (unpaired) electrons. The number of fused-ring (bicyclic) bond motifs is 1. The maximum Gasteiger partial charge on any atom is 0.338 e. The van der Waals surface area contributed by atoms with Gasteiger partial charge in [-0.25, -0.2) is 9.78 Å². The van der Waals surface area contributed by atoms with Crippen LogP contribution >= 0.6 is 11.6 Å². The van der Waals surface area contributed by atoms with Crippen molar-refractivity contribution in [3.05, 3.63) is 64.7 Å². The van der Waals surface area contributed by atoms with Gasteiger partial charge < -0.3 is 4.74 Å². The summed E-state index contributed by atoms with van der Waals surface area (Å²) in [7, 11) is 0. The van der Waals surface area contributed by atoms with Gasteiger partial charge in [-0.05, 0) is 43.7 Å². The normalized spacial score (nSPS) is 10.8. The van der Waals surface area contributed by atoms with Crippen LogP contribution < -0.4 is 0 Å². The number of rotatable bonds is 5. The fourth-order valence-electron chi connectivity index (χ4n) is 2.66. The summed E-state index contributed by atoms with van der Waals surface area (Å²) in [6.45, 7) is 4.50. The second kappa shape index (κ2) is 7.66. The summed E-state index contributed by atoms with van der Waals surface area (Å²) in [6.07, 6.45) is 1.84. The minimum atomic E-state index is -0.304. The van der Waals surface area contributed by atoms with Crippen molar-refractivity contribution in [1.29, 1.82) is 0 Å². The molecule has 0 atom stereocenters. The molecule has 2 aromatic carbocycles. The Labute approximate surface area is 152 Å². The number of pyridine rings is 1. The van der Waals surface area contributed by atoms with Crippen molar-refractivity contribution in [2.45, 2.75) is 26.7 Å². The number of hydrogen-bond acceptors (Lipinski definition) is 3. The van der Waals surface area contributed by atoms with Gasteiger partial charge in [0.2, 0.25) is 0 Å². The molecule has 0 unspecified atom stereocenters. The van der Waals surface area contributed by atoms with Crippen LogP contribution in [0.15, 0.2) is 48.5 Å². The lowest BCUT2D eigenvalue weighted by atomic mass is 10.0. The molecule has 0 spiro atoms. The number of ether oxygens (including phenoxy) is 1. The van der Waals surface area contributed by atoms with Crippen molar-refractivity contribution in [1.82, 2.24) is 4.98 Å². The maximum absolute atomic E-state index is 12.6. The van der Waals surface area contributed by atoms with Gasteiger partial charge in [0.25, 0.3) is 0 Å². The summed E-state index contributed by atoms with van der Waals surface area (Å²) in [4.78, 5) is 17.3. The first-order chi connectivity index (χ1) is 12.1. The van der Waals surface area contributed by atoms with Gasteiger partial charge in [0.05, 0.1) is 23.4 Å². The topological polar surface area (TPSA) is 39.2 Å². The second-order valence-electron chi connectivity index (χ2n) is 6.07. The van der Waals surface area contributed by atoms with E-state index in [9.17, 15) is 4.79 Å². The highest BCUT2D eigenvalue weighted by Crippen LogP contribution is 2.27. The van der Waals surface area contributed by atoms with Crippen molar-refractivity contribution >= 4 is 28.5 Å². The average molecular weight is 354 g/mol. The molecule has 0 fully saturated rings. The van der Waals surface area contributed by atoms with Gasteiger partial charge in [0.15, 0.2) is 0 Å². The number of halogens is 1. The Morgan fingerprint density at radius 1 is 1.12 bits per heavy atom. The zero-order chi connectivity index (χ0) is 17.8. The third-order valence-electron chi connectivity index (χ3n) is 4.06. The number of aryl methyl sites for hydroxylation is 1. The van der Waals surface area contributed by atoms with E-state index in [1.807, 2.05) is 49.4 Å². The zero-order valence-electron chi connectivity index (χ0n) is 14.4. The summed E-state index contributed by atoms with van der Waals surface area (Å²) in [5.74, 6) is -0.304. The van der Waals surface area contributed by atoms with E-state index >= 15 is 0 Å². The molecule has 25 heavy (non-hydrogen) atoms. The van der Waals surface area contributed by atoms with Gasteiger partial charge in [0.1, 0.15) is 0 Å². The molecular formula is C21H20ClNO2. The van der Waals surface area contributed by atoms with Crippen LogP contribution in [0.5, 0.6) is 0 Å². The van der Waals surface area contributed by atoms with Crippen molar-refractivity contribution in [3.63, 3.8) is 0 Å². The number of hydrogen-bond donors (Lipinski definition) is 0. The second-order valence-corrected chi connectivity index (χ2v) is 6.51. The van der Waals surface area contributed by atoms with Crippen molar-refractivity contribution < 1.29 is 9.53 Å². The molecule has 0 saturated carbocycles. The highest BCUT2D eigenvalue weighted by molar-refractivity contribution is 6.30. The Kier molecular flexibility index (Phi) is 5.34. The van der Waals surface area contributed by atoms with E-state index in [0.717, 1.165) is 40.6 Å². The highest BCUT2D eigenvalue weighted by Gasteiger charge is 2.15. The maximum atomic E-state index is 12.6. The first-order valence-electron chi connectivity index (χ1n) is 8.43. The Morgan fingerprint density at radius 2 is 1.88 bits per heavy atom. The van der Waals surface area contributed by atoms with E-state index < -0.39 is 0 Å². The van der Waals surface area contributed by atoms with Gasteiger partial charge in [-0.2, -0.15) is 0 Å². The van der Waals surface area contributed by atoms with E-state index in [1.54, 1.807) is 6.07 Å². The molecule has 128 valence electrons. The van der Waals surface area contributed by atoms with Gasteiger partial charge in [-0.1, -0.05) is 48.7 Å². The summed E-state index contributed by atoms with van der Waals surface area (Å²) in [5.41, 5.74) is 4.05. The van der Waals surface area contributed by atoms with Crippen LogP contribution in [0.2, 0.25) is 5.02 Å². The highest BCUT2D eigenvalue weighted by atomic mass is 35.5. The number of benzene rings is 2. The fourth-order valence-corrected chi connectivity index (χ4v) is 2.79. The minimum Gasteiger partial charge on any atom is -0.462 e. The van der Waals surface area contributed by atoms with Crippen LogP contribution in [0.3, 0.4) is 0 Å². The van der Waals surface area contributed by atoms with Gasteiger partial charge in [-0.15, -0.1) is 0 Å². The molecule has 0 bridgehead atoms. The van der Waals surface area contributed by atoms with E-state index in [1.165, 1.54) is 0 Å². The Hall–Kier alpha value is -2.39. The molecule has 0 N–H and O–H groups in total. The average Bonchev–Trinajstić information content (AvgIpc) is 2.61. The lowest BCUT2D eigenvalue weighted by Crippen LogP contribution is -2.08. The smallest absolute Gasteiger partial charge is 0.338 e. The predicted octanol–water partition coefficient (Wildman–Crippen LogP) is 5.82. The summed E-state index contributed by atoms with van der Waals surface area (Å²) < 4.78 is 5.44. The Balaban J connectivity index is 2.09. The molecule has 3 nitrogen and oxygen atoms in total. The Morgan fingerprint density at radius 3 is 2.60 bits per heavy atom. The lowest BCUT2D eigenvalue weighted by molar-refractivity contribution is 0.0502. The molecule has 3 rings (SSSR count). The monoisotopic (exact) mass is 353 g/mol. The molecule has 3 aromatic rings. The van der Waals surface area contributed by atoms with Crippen LogP contribution in [0.1, 0.15) is 35.7 Å². The molecule has 0 aliphatic rings. The van der Waals surface area contributed by atoms with E-state index in [4.69, 9.17) is 21.3 Å². The van der Waals surface area contributed by atoms with Crippen LogP contribution in [0, 0.1) is 6.92 Å². The number of aromatic nitrogens is 1. The number of carbonyl (C=O) groups excluding carboxylic acids is 1. The molecular weight excluding hydrogens is 334 g/mol. The molecule has 0 aliphatic carbocycles. The van der Waals surface area contributed by atoms with Crippen LogP contribution in [-0.2, 0) is 4.74 Å². The summed E-state index contributed by atoms with van der Waals surface area (Å²) in [5, 5.41) is 1.48. The van der Waals surface area contributed by atoms with Crippen molar-refractivity contribution in [2.24, 2.45) is 0 Å². The van der Waals surface area contributed by atoms with Gasteiger partial charge >= 0.3 is 5.97 Å². The van der Waals surface area contributed by atoms with Gasteiger partial charge in [0, 0.05) is 16.0 Å². The first-order valence-corrected chi connectivity index (χ1v) is 8.80. The first kappa shape index (κ1) is 17.4. The van der Waals surface area contributed by atoms with Crippen LogP contribution in [-0.4, -0.2) is 17.6 Å². The predicted molar refractivity (Wildman–Crippen MR) is 102 cm³/mol. The van der Waals surface area contributed by atoms with Gasteiger partial charge in [-0.3, -0.25) is 0 Å². The zero-order valence-corrected chi connectivity index (χ0v) is 15.1. The lowest BCUT2D eigenvalue weighted by Gasteiger charge is -2.11. The molecule has 1 heterocycles. The standard InChI is InChI=1S/C21H20ClNO2/c1-3-4-11-25-21(24)18-13-20(15-6-8-16(22)9-7-15)23-19-10-5-14(2)12-17(18)19/h5-10,12-13H,3-4,11H2,1-2H3. The molecule has 4 heteroatoms. The number of esters is 1. The third-order valence-corrected chi connectivity index (χ3v) is 4.31. The number of carbonyl (C=O) groups is 1. The molecule has 0 saturated heterocycles. The summed E-state index contributed by atoms with van der Waals surface area (Å²) >= 11 is 5.97. The number of unbranched alkanes of at least 4 members (excludes halogenated alkanes) is 1. The molecule has 0 amide bonds. The van der Waals surface area contributed by atoms with Crippen molar-refractivity contribution in [3.8, 4) is 11.3 Å². The third kappa shape index (κ3) is 3.99. The van der Waals surface area contributed by atoms with E-state index in [0.29, 0.717) is 17.2 Å². The van der Waals surface area contributed by atoms with Crippen LogP contribution in [0.4, 0.5) is 0 Å². The minimum absolute atomic E-state index is 0.304. The molecule has 1 aromatic heterocycles. The SMILES string of the molecule is CCCCOC(=O)c1cc(-c2ccc(Cl)cc2)nc2ccc(C)cc12.